The number of para-hydroxylation sites is 1. The molecule has 1 N–H and O–H groups in total. The van der Waals surface area contributed by atoms with E-state index in [1.807, 2.05) is 18.2 Å². The molecule has 1 aliphatic rings. The number of aliphatic carboxylic acids is 1. The summed E-state index contributed by atoms with van der Waals surface area (Å²) in [6.07, 6.45) is 5.10. The molecule has 0 aliphatic carbocycles. The summed E-state index contributed by atoms with van der Waals surface area (Å²) in [6.45, 7) is 4.72. The number of nitrogens with zero attached hydrogens (tertiary/aromatic N) is 1. The van der Waals surface area contributed by atoms with E-state index >= 15 is 0 Å². The maximum absolute atomic E-state index is 9.72. The lowest BCUT2D eigenvalue weighted by atomic mass is 10.1. The molecule has 4 nitrogen and oxygen atoms in total. The SMILES string of the molecule is CC(=O)[O-].C[N+]1(CCc2ccccc2O)CCCCC1. The van der Waals surface area contributed by atoms with E-state index in [4.69, 9.17) is 9.90 Å². The number of likely N-dealkylation sites (N-methyl/N-ethyl adjacent to an activating group) is 1. The number of carbonyl (C=O) groups excluding carboxylic acids is 1. The minimum Gasteiger partial charge on any atom is -0.550 e. The van der Waals surface area contributed by atoms with Gasteiger partial charge < -0.3 is 19.5 Å². The summed E-state index contributed by atoms with van der Waals surface area (Å²) in [5.41, 5.74) is 1.09. The highest BCUT2D eigenvalue weighted by atomic mass is 16.4. The predicted octanol–water partition coefficient (Wildman–Crippen LogP) is 1.32. The molecule has 0 unspecified atom stereocenters. The van der Waals surface area contributed by atoms with Gasteiger partial charge in [-0.05, 0) is 37.8 Å². The number of phenolic OH excluding ortho intramolecular Hbond substituents is 1. The quantitative estimate of drug-likeness (QED) is 0.849. The van der Waals surface area contributed by atoms with Crippen molar-refractivity contribution in [2.75, 3.05) is 26.7 Å². The van der Waals surface area contributed by atoms with Crippen molar-refractivity contribution < 1.29 is 19.5 Å². The molecule has 0 bridgehead atoms. The van der Waals surface area contributed by atoms with Crippen LogP contribution in [0.25, 0.3) is 0 Å². The third-order valence-electron chi connectivity index (χ3n) is 3.81. The topological polar surface area (TPSA) is 60.4 Å². The number of benzene rings is 1. The van der Waals surface area contributed by atoms with Crippen molar-refractivity contribution in [1.82, 2.24) is 0 Å². The van der Waals surface area contributed by atoms with Crippen LogP contribution in [-0.2, 0) is 11.2 Å². The highest BCUT2D eigenvalue weighted by Crippen LogP contribution is 2.20. The molecule has 0 spiro atoms. The number of quaternary nitrogens is 1. The molecule has 1 heterocycles. The van der Waals surface area contributed by atoms with Crippen LogP contribution in [0.5, 0.6) is 5.75 Å². The smallest absolute Gasteiger partial charge is 0.118 e. The van der Waals surface area contributed by atoms with E-state index in [9.17, 15) is 5.11 Å². The molecular weight excluding hydrogens is 254 g/mol. The monoisotopic (exact) mass is 279 g/mol. The van der Waals surface area contributed by atoms with Crippen LogP contribution in [0.3, 0.4) is 0 Å². The van der Waals surface area contributed by atoms with E-state index in [-0.39, 0.29) is 0 Å². The van der Waals surface area contributed by atoms with Gasteiger partial charge in [0.1, 0.15) is 5.75 Å². The van der Waals surface area contributed by atoms with Gasteiger partial charge in [-0.25, -0.2) is 0 Å². The molecule has 0 atom stereocenters. The van der Waals surface area contributed by atoms with Gasteiger partial charge in [-0.1, -0.05) is 18.2 Å². The fraction of sp³-hybridized carbons (Fsp3) is 0.562. The zero-order valence-corrected chi connectivity index (χ0v) is 12.5. The van der Waals surface area contributed by atoms with Gasteiger partial charge in [-0.3, -0.25) is 0 Å². The molecule has 4 heteroatoms. The summed E-state index contributed by atoms with van der Waals surface area (Å²) in [4.78, 5) is 8.89. The fourth-order valence-corrected chi connectivity index (χ4v) is 2.61. The van der Waals surface area contributed by atoms with Gasteiger partial charge >= 0.3 is 0 Å². The van der Waals surface area contributed by atoms with Crippen molar-refractivity contribution in [3.8, 4) is 5.75 Å². The van der Waals surface area contributed by atoms with Crippen LogP contribution in [0.4, 0.5) is 0 Å². The summed E-state index contributed by atoms with van der Waals surface area (Å²) in [6, 6.07) is 7.71. The van der Waals surface area contributed by atoms with Gasteiger partial charge in [0, 0.05) is 12.4 Å². The van der Waals surface area contributed by atoms with Crippen molar-refractivity contribution in [2.24, 2.45) is 0 Å². The number of phenols is 1. The molecule has 1 aromatic carbocycles. The van der Waals surface area contributed by atoms with Crippen molar-refractivity contribution in [1.29, 1.82) is 0 Å². The van der Waals surface area contributed by atoms with Crippen LogP contribution in [0, 0.1) is 0 Å². The molecule has 2 rings (SSSR count). The molecule has 0 saturated carbocycles. The van der Waals surface area contributed by atoms with Crippen LogP contribution in [-0.4, -0.2) is 42.2 Å². The second kappa shape index (κ2) is 7.90. The number of hydrogen-bond acceptors (Lipinski definition) is 3. The lowest BCUT2D eigenvalue weighted by Crippen LogP contribution is -2.49. The van der Waals surface area contributed by atoms with E-state index in [1.165, 1.54) is 36.8 Å². The Morgan fingerprint density at radius 1 is 1.25 bits per heavy atom. The molecule has 20 heavy (non-hydrogen) atoms. The first-order chi connectivity index (χ1) is 9.43. The van der Waals surface area contributed by atoms with Gasteiger partial charge in [-0.2, -0.15) is 0 Å². The van der Waals surface area contributed by atoms with Gasteiger partial charge in [-0.15, -0.1) is 0 Å². The zero-order valence-electron chi connectivity index (χ0n) is 12.5. The number of rotatable bonds is 3. The number of hydrogen-bond donors (Lipinski definition) is 1. The van der Waals surface area contributed by atoms with E-state index in [0.717, 1.165) is 25.5 Å². The second-order valence-corrected chi connectivity index (χ2v) is 5.72. The maximum Gasteiger partial charge on any atom is 0.118 e. The summed E-state index contributed by atoms with van der Waals surface area (Å²) >= 11 is 0. The lowest BCUT2D eigenvalue weighted by Gasteiger charge is -2.37. The van der Waals surface area contributed by atoms with Gasteiger partial charge in [0.15, 0.2) is 0 Å². The first kappa shape index (κ1) is 16.5. The van der Waals surface area contributed by atoms with Crippen molar-refractivity contribution in [3.63, 3.8) is 0 Å². The minimum atomic E-state index is -1.08. The van der Waals surface area contributed by atoms with Gasteiger partial charge in [0.05, 0.1) is 26.7 Å². The first-order valence-electron chi connectivity index (χ1n) is 7.21. The summed E-state index contributed by atoms with van der Waals surface area (Å²) in [5.74, 6) is -0.633. The fourth-order valence-electron chi connectivity index (χ4n) is 2.61. The number of piperidine rings is 1. The average Bonchev–Trinajstić information content (AvgIpc) is 2.38. The van der Waals surface area contributed by atoms with Crippen molar-refractivity contribution in [2.45, 2.75) is 32.6 Å². The number of carbonyl (C=O) groups is 1. The summed E-state index contributed by atoms with van der Waals surface area (Å²) in [5, 5.41) is 18.6. The first-order valence-corrected chi connectivity index (χ1v) is 7.21. The predicted molar refractivity (Wildman–Crippen MR) is 77.1 cm³/mol. The standard InChI is InChI=1S/C14H21NO.C2H4O2/c1-15(10-5-2-6-11-15)12-9-13-7-3-4-8-14(13)16;1-2(3)4/h3-4,7-8H,2,5-6,9-12H2,1H3;1H3,(H,3,4). The average molecular weight is 279 g/mol. The molecule has 1 saturated heterocycles. The van der Waals surface area contributed by atoms with Gasteiger partial charge in [0.25, 0.3) is 0 Å². The van der Waals surface area contributed by atoms with Crippen molar-refractivity contribution >= 4 is 5.97 Å². The van der Waals surface area contributed by atoms with E-state index in [0.29, 0.717) is 5.75 Å². The number of aromatic hydroxyl groups is 1. The Kier molecular flexibility index (Phi) is 6.52. The highest BCUT2D eigenvalue weighted by molar-refractivity contribution is 5.60. The number of carboxylic acids is 1. The Labute approximate surface area is 121 Å². The van der Waals surface area contributed by atoms with Crippen LogP contribution in [0.15, 0.2) is 24.3 Å². The highest BCUT2D eigenvalue weighted by Gasteiger charge is 2.24. The molecule has 1 aliphatic heterocycles. The Bertz CT molecular complexity index is 421. The van der Waals surface area contributed by atoms with Crippen LogP contribution >= 0.6 is 0 Å². The third kappa shape index (κ3) is 6.06. The van der Waals surface area contributed by atoms with Crippen molar-refractivity contribution in [3.05, 3.63) is 29.8 Å². The number of carboxylic acid groups (broad SMARTS) is 1. The van der Waals surface area contributed by atoms with E-state index in [1.54, 1.807) is 6.07 Å². The van der Waals surface area contributed by atoms with Crippen LogP contribution in [0.1, 0.15) is 31.7 Å². The molecular formula is C16H25NO3. The minimum absolute atomic E-state index is 0.450. The normalized spacial score (nSPS) is 16.9. The Morgan fingerprint density at radius 2 is 1.80 bits per heavy atom. The third-order valence-corrected chi connectivity index (χ3v) is 3.81. The Morgan fingerprint density at radius 3 is 2.35 bits per heavy atom. The lowest BCUT2D eigenvalue weighted by molar-refractivity contribution is -0.913. The molecule has 0 radical (unpaired) electrons. The second-order valence-electron chi connectivity index (χ2n) is 5.72. The molecule has 1 fully saturated rings. The zero-order chi connectivity index (χ0) is 15.0. The molecule has 1 aromatic rings. The summed E-state index contributed by atoms with van der Waals surface area (Å²) in [7, 11) is 2.35. The van der Waals surface area contributed by atoms with Crippen LogP contribution in [0.2, 0.25) is 0 Å². The van der Waals surface area contributed by atoms with E-state index in [2.05, 4.69) is 7.05 Å². The molecule has 0 aromatic heterocycles. The molecule has 0 amide bonds. The molecule has 112 valence electrons. The largest absolute Gasteiger partial charge is 0.550 e. The van der Waals surface area contributed by atoms with Crippen LogP contribution < -0.4 is 5.11 Å². The number of likely N-dealkylation sites (tertiary alicyclic amines) is 1. The Hall–Kier alpha value is -1.55. The Balaban J connectivity index is 0.000000444. The maximum atomic E-state index is 9.72. The van der Waals surface area contributed by atoms with E-state index < -0.39 is 5.97 Å². The van der Waals surface area contributed by atoms with Gasteiger partial charge in [0.2, 0.25) is 0 Å². The summed E-state index contributed by atoms with van der Waals surface area (Å²) < 4.78 is 1.17.